The summed E-state index contributed by atoms with van der Waals surface area (Å²) in [5.74, 6) is 0.640. The second-order valence-electron chi connectivity index (χ2n) is 11.6. The van der Waals surface area contributed by atoms with Gasteiger partial charge in [0.05, 0.1) is 12.0 Å². The Labute approximate surface area is 223 Å². The zero-order valence-corrected chi connectivity index (χ0v) is 23.3. The molecule has 37 heavy (non-hydrogen) atoms. The Hall–Kier alpha value is -3.43. The van der Waals surface area contributed by atoms with E-state index in [1.165, 1.54) is 42.4 Å². The molecule has 0 fully saturated rings. The standard InChI is InChI=1S/C34H33NOS/c1-20(2)15-27-21(3)37-32-18-23(11-12-26(27)32)28-19-31(35-30-13-14-36-33(28)30)24-16-22-9-7-8-10-25(22)29(17-24)34(4,5)6/h7-14,16-20H,15H2,1-6H3. The number of furan rings is 1. The maximum atomic E-state index is 5.98. The zero-order valence-electron chi connectivity index (χ0n) is 22.5. The van der Waals surface area contributed by atoms with Crippen molar-refractivity contribution >= 4 is 43.3 Å². The van der Waals surface area contributed by atoms with Crippen molar-refractivity contribution in [1.82, 2.24) is 4.98 Å². The number of aromatic nitrogens is 1. The van der Waals surface area contributed by atoms with E-state index in [1.807, 2.05) is 17.4 Å². The van der Waals surface area contributed by atoms with Gasteiger partial charge in [0.15, 0.2) is 5.58 Å². The van der Waals surface area contributed by atoms with E-state index in [2.05, 4.69) is 102 Å². The van der Waals surface area contributed by atoms with Crippen molar-refractivity contribution < 1.29 is 4.42 Å². The lowest BCUT2D eigenvalue weighted by molar-refractivity contribution is 0.596. The van der Waals surface area contributed by atoms with Crippen molar-refractivity contribution in [2.45, 2.75) is 53.4 Å². The van der Waals surface area contributed by atoms with Crippen LogP contribution in [-0.4, -0.2) is 4.98 Å². The molecule has 0 spiro atoms. The molecule has 3 heteroatoms. The minimum atomic E-state index is 0.0218. The summed E-state index contributed by atoms with van der Waals surface area (Å²) < 4.78 is 7.31. The van der Waals surface area contributed by atoms with Gasteiger partial charge >= 0.3 is 0 Å². The van der Waals surface area contributed by atoms with E-state index in [1.54, 1.807) is 6.26 Å². The average Bonchev–Trinajstić information content (AvgIpc) is 3.45. The fraction of sp³-hybridized carbons (Fsp3) is 0.265. The van der Waals surface area contributed by atoms with Gasteiger partial charge in [-0.1, -0.05) is 71.0 Å². The highest BCUT2D eigenvalue weighted by atomic mass is 32.1. The van der Waals surface area contributed by atoms with Crippen LogP contribution in [0.4, 0.5) is 0 Å². The predicted octanol–water partition coefficient (Wildman–Crippen LogP) is 10.3. The average molecular weight is 504 g/mol. The number of rotatable bonds is 4. The molecule has 0 saturated heterocycles. The molecule has 0 atom stereocenters. The van der Waals surface area contributed by atoms with Crippen molar-refractivity contribution in [2.24, 2.45) is 5.92 Å². The Kier molecular flexibility index (Phi) is 5.72. The molecule has 0 aliphatic carbocycles. The van der Waals surface area contributed by atoms with Gasteiger partial charge in [-0.3, -0.25) is 0 Å². The van der Waals surface area contributed by atoms with Crippen LogP contribution in [0, 0.1) is 12.8 Å². The molecular weight excluding hydrogens is 470 g/mol. The predicted molar refractivity (Wildman–Crippen MR) is 160 cm³/mol. The van der Waals surface area contributed by atoms with Crippen molar-refractivity contribution in [1.29, 1.82) is 0 Å². The first-order chi connectivity index (χ1) is 17.7. The number of thiophene rings is 1. The van der Waals surface area contributed by atoms with Gasteiger partial charge in [0, 0.05) is 26.8 Å². The Balaban J connectivity index is 1.55. The summed E-state index contributed by atoms with van der Waals surface area (Å²) in [5.41, 5.74) is 8.96. The van der Waals surface area contributed by atoms with Crippen LogP contribution in [0.3, 0.4) is 0 Å². The van der Waals surface area contributed by atoms with Gasteiger partial charge in [-0.25, -0.2) is 4.98 Å². The number of hydrogen-bond acceptors (Lipinski definition) is 3. The van der Waals surface area contributed by atoms with E-state index >= 15 is 0 Å². The van der Waals surface area contributed by atoms with Gasteiger partial charge in [-0.2, -0.15) is 0 Å². The maximum Gasteiger partial charge on any atom is 0.160 e. The lowest BCUT2D eigenvalue weighted by Gasteiger charge is -2.23. The highest BCUT2D eigenvalue weighted by Crippen LogP contribution is 2.40. The third-order valence-corrected chi connectivity index (χ3v) is 8.41. The van der Waals surface area contributed by atoms with E-state index in [-0.39, 0.29) is 5.41 Å². The fourth-order valence-electron chi connectivity index (χ4n) is 5.50. The summed E-state index contributed by atoms with van der Waals surface area (Å²) in [5, 5.41) is 3.93. The van der Waals surface area contributed by atoms with Crippen molar-refractivity contribution in [3.8, 4) is 22.4 Å². The maximum absolute atomic E-state index is 5.98. The molecule has 3 aromatic heterocycles. The molecule has 186 valence electrons. The Morgan fingerprint density at radius 3 is 2.49 bits per heavy atom. The highest BCUT2D eigenvalue weighted by molar-refractivity contribution is 7.19. The molecule has 0 radical (unpaired) electrons. The lowest BCUT2D eigenvalue weighted by Crippen LogP contribution is -2.12. The number of hydrogen-bond donors (Lipinski definition) is 0. The molecule has 2 nitrogen and oxygen atoms in total. The van der Waals surface area contributed by atoms with Gasteiger partial charge in [0.1, 0.15) is 5.52 Å². The summed E-state index contributed by atoms with van der Waals surface area (Å²) in [6, 6.07) is 24.3. The first-order valence-electron chi connectivity index (χ1n) is 13.1. The number of nitrogens with zero attached hydrogens (tertiary/aromatic N) is 1. The second-order valence-corrected chi connectivity index (χ2v) is 12.9. The van der Waals surface area contributed by atoms with Crippen LogP contribution < -0.4 is 0 Å². The molecule has 6 aromatic rings. The fourth-order valence-corrected chi connectivity index (χ4v) is 6.63. The van der Waals surface area contributed by atoms with Gasteiger partial charge < -0.3 is 4.42 Å². The molecule has 0 unspecified atom stereocenters. The second kappa shape index (κ2) is 8.85. The third kappa shape index (κ3) is 4.26. The molecule has 0 saturated carbocycles. The number of aryl methyl sites for hydroxylation is 1. The van der Waals surface area contributed by atoms with E-state index in [0.717, 1.165) is 34.3 Å². The Morgan fingerprint density at radius 1 is 0.892 bits per heavy atom. The molecule has 0 aliphatic heterocycles. The molecule has 0 bridgehead atoms. The Bertz CT molecular complexity index is 1780. The first-order valence-corrected chi connectivity index (χ1v) is 13.9. The number of pyridine rings is 1. The molecule has 3 aromatic carbocycles. The van der Waals surface area contributed by atoms with Crippen molar-refractivity contribution in [3.63, 3.8) is 0 Å². The summed E-state index contributed by atoms with van der Waals surface area (Å²) in [7, 11) is 0. The number of benzene rings is 3. The molecule has 0 amide bonds. The van der Waals surface area contributed by atoms with Crippen LogP contribution in [0.25, 0.3) is 54.3 Å². The van der Waals surface area contributed by atoms with Crippen LogP contribution >= 0.6 is 11.3 Å². The SMILES string of the molecule is Cc1sc2cc(-c3cc(-c4cc(C(C)(C)C)c5ccccc5c4)nc4ccoc34)ccc2c1CC(C)C. The highest BCUT2D eigenvalue weighted by Gasteiger charge is 2.20. The van der Waals surface area contributed by atoms with Crippen molar-refractivity contribution in [2.75, 3.05) is 0 Å². The summed E-state index contributed by atoms with van der Waals surface area (Å²) in [4.78, 5) is 6.47. The van der Waals surface area contributed by atoms with Crippen LogP contribution in [0.2, 0.25) is 0 Å². The lowest BCUT2D eigenvalue weighted by atomic mass is 9.82. The molecule has 6 rings (SSSR count). The number of fused-ring (bicyclic) bond motifs is 3. The van der Waals surface area contributed by atoms with Crippen LogP contribution in [0.5, 0.6) is 0 Å². The Morgan fingerprint density at radius 2 is 1.70 bits per heavy atom. The first kappa shape index (κ1) is 23.9. The monoisotopic (exact) mass is 503 g/mol. The van der Waals surface area contributed by atoms with Crippen LogP contribution in [-0.2, 0) is 11.8 Å². The van der Waals surface area contributed by atoms with Crippen LogP contribution in [0.1, 0.15) is 50.6 Å². The normalized spacial score (nSPS) is 12.4. The molecule has 0 aliphatic rings. The van der Waals surface area contributed by atoms with Crippen molar-refractivity contribution in [3.05, 3.63) is 89.0 Å². The topological polar surface area (TPSA) is 26.0 Å². The molecular formula is C34H33NOS. The van der Waals surface area contributed by atoms with Gasteiger partial charge in [-0.15, -0.1) is 11.3 Å². The van der Waals surface area contributed by atoms with Crippen LogP contribution in [0.15, 0.2) is 77.4 Å². The van der Waals surface area contributed by atoms with E-state index in [4.69, 9.17) is 9.40 Å². The van der Waals surface area contributed by atoms with Gasteiger partial charge in [-0.05, 0) is 81.8 Å². The largest absolute Gasteiger partial charge is 0.462 e. The van der Waals surface area contributed by atoms with Gasteiger partial charge in [0.25, 0.3) is 0 Å². The molecule has 0 N–H and O–H groups in total. The smallest absolute Gasteiger partial charge is 0.160 e. The minimum absolute atomic E-state index is 0.0218. The summed E-state index contributed by atoms with van der Waals surface area (Å²) in [6.45, 7) is 13.7. The molecule has 3 heterocycles. The van der Waals surface area contributed by atoms with E-state index < -0.39 is 0 Å². The summed E-state index contributed by atoms with van der Waals surface area (Å²) in [6.07, 6.45) is 2.87. The van der Waals surface area contributed by atoms with E-state index in [9.17, 15) is 0 Å². The minimum Gasteiger partial charge on any atom is -0.462 e. The third-order valence-electron chi connectivity index (χ3n) is 7.29. The van der Waals surface area contributed by atoms with E-state index in [0.29, 0.717) is 5.92 Å². The zero-order chi connectivity index (χ0) is 25.9. The quantitative estimate of drug-likeness (QED) is 0.239. The van der Waals surface area contributed by atoms with Gasteiger partial charge in [0.2, 0.25) is 0 Å². The summed E-state index contributed by atoms with van der Waals surface area (Å²) >= 11 is 1.90.